The standard InChI is InChI=1S/C26H24N4O4S/c31-25(18-10-15-22-23(17-18)28-24-9-5-2-6-16-30(24)26(22)32)27-19-11-13-21(14-12-19)35(33,34)29-20-7-3-1-4-8-20/h1,3-4,7-8,10-15,17,29H,2,5-6,9,16H2,(H,27,31). The number of hydrogen-bond acceptors (Lipinski definition) is 5. The Morgan fingerprint density at radius 1 is 0.886 bits per heavy atom. The van der Waals surface area contributed by atoms with Gasteiger partial charge in [-0.2, -0.15) is 0 Å². The second kappa shape index (κ2) is 9.34. The molecule has 0 bridgehead atoms. The summed E-state index contributed by atoms with van der Waals surface area (Å²) in [7, 11) is -3.75. The summed E-state index contributed by atoms with van der Waals surface area (Å²) in [6.45, 7) is 0.673. The van der Waals surface area contributed by atoms with E-state index >= 15 is 0 Å². The number of hydrogen-bond donors (Lipinski definition) is 2. The van der Waals surface area contributed by atoms with Gasteiger partial charge in [0, 0.05) is 29.9 Å². The Morgan fingerprint density at radius 3 is 2.43 bits per heavy atom. The average Bonchev–Trinajstić information content (AvgIpc) is 3.10. The van der Waals surface area contributed by atoms with Gasteiger partial charge in [-0.1, -0.05) is 24.6 Å². The van der Waals surface area contributed by atoms with E-state index in [4.69, 9.17) is 0 Å². The number of fused-ring (bicyclic) bond motifs is 2. The number of amides is 1. The molecule has 0 radical (unpaired) electrons. The number of rotatable bonds is 5. The SMILES string of the molecule is O=C(Nc1ccc(S(=O)(=O)Nc2ccccc2)cc1)c1ccc2c(=O)n3c(nc2c1)CCCCC3. The van der Waals surface area contributed by atoms with Crippen LogP contribution in [0.25, 0.3) is 10.9 Å². The number of nitrogens with one attached hydrogen (secondary N) is 2. The molecule has 1 amide bonds. The van der Waals surface area contributed by atoms with Crippen molar-refractivity contribution in [1.82, 2.24) is 9.55 Å². The van der Waals surface area contributed by atoms with Crippen LogP contribution in [0.3, 0.4) is 0 Å². The van der Waals surface area contributed by atoms with Crippen LogP contribution in [-0.2, 0) is 23.0 Å². The van der Waals surface area contributed by atoms with Gasteiger partial charge < -0.3 is 5.32 Å². The highest BCUT2D eigenvalue weighted by atomic mass is 32.2. The Kier molecular flexibility index (Phi) is 6.08. The van der Waals surface area contributed by atoms with Crippen molar-refractivity contribution in [3.8, 4) is 0 Å². The zero-order chi connectivity index (χ0) is 24.4. The van der Waals surface area contributed by atoms with E-state index in [1.165, 1.54) is 24.3 Å². The quantitative estimate of drug-likeness (QED) is 0.438. The van der Waals surface area contributed by atoms with Gasteiger partial charge in [-0.3, -0.25) is 18.9 Å². The minimum absolute atomic E-state index is 0.0697. The van der Waals surface area contributed by atoms with Crippen LogP contribution in [0, 0.1) is 0 Å². The lowest BCUT2D eigenvalue weighted by Crippen LogP contribution is -2.24. The van der Waals surface area contributed by atoms with Crippen LogP contribution in [-0.4, -0.2) is 23.9 Å². The number of aryl methyl sites for hydroxylation is 1. The summed E-state index contributed by atoms with van der Waals surface area (Å²) in [6, 6.07) is 19.4. The van der Waals surface area contributed by atoms with Crippen molar-refractivity contribution in [2.45, 2.75) is 37.1 Å². The molecule has 1 aliphatic heterocycles. The third-order valence-corrected chi connectivity index (χ3v) is 7.42. The normalized spacial score (nSPS) is 13.6. The lowest BCUT2D eigenvalue weighted by Gasteiger charge is -2.11. The molecule has 35 heavy (non-hydrogen) atoms. The number of anilines is 2. The number of para-hydroxylation sites is 1. The second-order valence-corrected chi connectivity index (χ2v) is 10.2. The summed E-state index contributed by atoms with van der Waals surface area (Å²) >= 11 is 0. The summed E-state index contributed by atoms with van der Waals surface area (Å²) in [4.78, 5) is 30.5. The van der Waals surface area contributed by atoms with Gasteiger partial charge in [-0.25, -0.2) is 13.4 Å². The summed E-state index contributed by atoms with van der Waals surface area (Å²) in [6.07, 6.45) is 3.76. The molecule has 1 aliphatic rings. The maximum atomic E-state index is 12.9. The Bertz CT molecular complexity index is 1560. The Balaban J connectivity index is 1.35. The van der Waals surface area contributed by atoms with Crippen molar-refractivity contribution in [3.63, 3.8) is 0 Å². The van der Waals surface area contributed by atoms with Crippen molar-refractivity contribution in [3.05, 3.63) is 94.5 Å². The summed E-state index contributed by atoms with van der Waals surface area (Å²) < 4.78 is 29.5. The van der Waals surface area contributed by atoms with Crippen LogP contribution in [0.5, 0.6) is 0 Å². The third-order valence-electron chi connectivity index (χ3n) is 6.03. The predicted molar refractivity (Wildman–Crippen MR) is 135 cm³/mol. The average molecular weight is 489 g/mol. The van der Waals surface area contributed by atoms with Gasteiger partial charge in [0.2, 0.25) is 0 Å². The first-order valence-electron chi connectivity index (χ1n) is 11.4. The van der Waals surface area contributed by atoms with Crippen molar-refractivity contribution in [2.75, 3.05) is 10.0 Å². The van der Waals surface area contributed by atoms with Crippen LogP contribution in [0.4, 0.5) is 11.4 Å². The van der Waals surface area contributed by atoms with Crippen LogP contribution in [0.2, 0.25) is 0 Å². The molecule has 0 saturated carbocycles. The Hall–Kier alpha value is -3.98. The van der Waals surface area contributed by atoms with E-state index in [1.807, 2.05) is 0 Å². The Labute approximate surface area is 202 Å². The number of benzene rings is 3. The smallest absolute Gasteiger partial charge is 0.261 e. The molecule has 0 saturated heterocycles. The zero-order valence-electron chi connectivity index (χ0n) is 18.9. The minimum atomic E-state index is -3.75. The van der Waals surface area contributed by atoms with Gasteiger partial charge in [-0.15, -0.1) is 0 Å². The number of nitrogens with zero attached hydrogens (tertiary/aromatic N) is 2. The van der Waals surface area contributed by atoms with Crippen LogP contribution in [0.1, 0.15) is 35.4 Å². The predicted octanol–water partition coefficient (Wildman–Crippen LogP) is 4.18. The van der Waals surface area contributed by atoms with Crippen LogP contribution >= 0.6 is 0 Å². The first-order chi connectivity index (χ1) is 16.9. The molecule has 8 nitrogen and oxygen atoms in total. The minimum Gasteiger partial charge on any atom is -0.322 e. The molecular weight excluding hydrogens is 464 g/mol. The van der Waals surface area contributed by atoms with Crippen molar-refractivity contribution in [1.29, 1.82) is 0 Å². The molecule has 2 heterocycles. The largest absolute Gasteiger partial charge is 0.322 e. The van der Waals surface area contributed by atoms with E-state index in [0.717, 1.165) is 31.5 Å². The molecular formula is C26H24N4O4S. The van der Waals surface area contributed by atoms with E-state index in [1.54, 1.807) is 53.1 Å². The van der Waals surface area contributed by atoms with Gasteiger partial charge >= 0.3 is 0 Å². The molecule has 2 N–H and O–H groups in total. The molecule has 178 valence electrons. The van der Waals surface area contributed by atoms with Crippen LogP contribution in [0.15, 0.2) is 82.5 Å². The van der Waals surface area contributed by atoms with E-state index in [0.29, 0.717) is 34.4 Å². The fourth-order valence-corrected chi connectivity index (χ4v) is 5.26. The highest BCUT2D eigenvalue weighted by Gasteiger charge is 2.17. The number of carbonyl (C=O) groups is 1. The molecule has 3 aromatic carbocycles. The lowest BCUT2D eigenvalue weighted by molar-refractivity contribution is 0.102. The first-order valence-corrected chi connectivity index (χ1v) is 12.9. The highest BCUT2D eigenvalue weighted by molar-refractivity contribution is 7.92. The summed E-state index contributed by atoms with van der Waals surface area (Å²) in [5.74, 6) is 0.389. The number of carbonyl (C=O) groups excluding carboxylic acids is 1. The number of aromatic nitrogens is 2. The molecule has 5 rings (SSSR count). The van der Waals surface area contributed by atoms with Crippen LogP contribution < -0.4 is 15.6 Å². The molecule has 4 aromatic rings. The second-order valence-electron chi connectivity index (χ2n) is 8.48. The van der Waals surface area contributed by atoms with E-state index in [9.17, 15) is 18.0 Å². The molecule has 9 heteroatoms. The van der Waals surface area contributed by atoms with Gasteiger partial charge in [0.1, 0.15) is 5.82 Å². The van der Waals surface area contributed by atoms with Gasteiger partial charge in [0.25, 0.3) is 21.5 Å². The fraction of sp³-hybridized carbons (Fsp3) is 0.192. The van der Waals surface area contributed by atoms with Gasteiger partial charge in [0.05, 0.1) is 15.8 Å². The molecule has 0 spiro atoms. The highest BCUT2D eigenvalue weighted by Crippen LogP contribution is 2.20. The lowest BCUT2D eigenvalue weighted by atomic mass is 10.1. The van der Waals surface area contributed by atoms with Crippen molar-refractivity contribution in [2.24, 2.45) is 0 Å². The zero-order valence-corrected chi connectivity index (χ0v) is 19.7. The molecule has 0 unspecified atom stereocenters. The first kappa shape index (κ1) is 22.8. The molecule has 0 atom stereocenters. The van der Waals surface area contributed by atoms with Gasteiger partial charge in [-0.05, 0) is 67.4 Å². The third kappa shape index (κ3) is 4.81. The fourth-order valence-electron chi connectivity index (χ4n) is 4.20. The summed E-state index contributed by atoms with van der Waals surface area (Å²) in [5, 5.41) is 3.27. The summed E-state index contributed by atoms with van der Waals surface area (Å²) in [5.41, 5.74) is 1.71. The topological polar surface area (TPSA) is 110 Å². The van der Waals surface area contributed by atoms with E-state index < -0.39 is 10.0 Å². The number of sulfonamides is 1. The monoisotopic (exact) mass is 488 g/mol. The van der Waals surface area contributed by atoms with Crippen molar-refractivity contribution < 1.29 is 13.2 Å². The Morgan fingerprint density at radius 2 is 1.66 bits per heavy atom. The van der Waals surface area contributed by atoms with Gasteiger partial charge in [0.15, 0.2) is 0 Å². The van der Waals surface area contributed by atoms with E-state index in [-0.39, 0.29) is 16.4 Å². The maximum Gasteiger partial charge on any atom is 0.261 e. The molecule has 0 aliphatic carbocycles. The molecule has 1 aromatic heterocycles. The maximum absolute atomic E-state index is 12.9. The van der Waals surface area contributed by atoms with Crippen molar-refractivity contribution >= 4 is 38.2 Å². The van der Waals surface area contributed by atoms with E-state index in [2.05, 4.69) is 15.0 Å². The molecule has 0 fully saturated rings.